The Balaban J connectivity index is 1.64. The van der Waals surface area contributed by atoms with Gasteiger partial charge in [-0.1, -0.05) is 42.1 Å². The number of aromatic nitrogens is 3. The van der Waals surface area contributed by atoms with Crippen molar-refractivity contribution in [1.82, 2.24) is 14.8 Å². The lowest BCUT2D eigenvalue weighted by Gasteiger charge is -2.16. The normalized spacial score (nSPS) is 18.4. The van der Waals surface area contributed by atoms with Crippen LogP contribution in [-0.2, 0) is 9.53 Å². The van der Waals surface area contributed by atoms with Crippen molar-refractivity contribution in [3.8, 4) is 0 Å². The summed E-state index contributed by atoms with van der Waals surface area (Å²) in [5, 5.41) is 9.29. The molecule has 0 bridgehead atoms. The zero-order chi connectivity index (χ0) is 16.5. The first-order valence-corrected chi connectivity index (χ1v) is 9.49. The molecule has 2 aromatic rings. The van der Waals surface area contributed by atoms with Crippen molar-refractivity contribution in [2.24, 2.45) is 0 Å². The molecular formula is C18H21N3O2S. The number of carbonyl (C=O) groups excluding carboxylic acids is 1. The fourth-order valence-corrected chi connectivity index (χ4v) is 3.98. The lowest BCUT2D eigenvalue weighted by atomic mass is 10.1. The molecule has 0 radical (unpaired) electrons. The Kier molecular flexibility index (Phi) is 4.31. The molecule has 5 nitrogen and oxygen atoms in total. The van der Waals surface area contributed by atoms with Crippen LogP contribution in [0.2, 0.25) is 0 Å². The highest BCUT2D eigenvalue weighted by atomic mass is 32.2. The van der Waals surface area contributed by atoms with Gasteiger partial charge in [-0.2, -0.15) is 0 Å². The van der Waals surface area contributed by atoms with E-state index in [1.165, 1.54) is 37.4 Å². The second-order valence-electron chi connectivity index (χ2n) is 6.38. The Morgan fingerprint density at radius 1 is 1.25 bits per heavy atom. The van der Waals surface area contributed by atoms with Gasteiger partial charge in [0.05, 0.1) is 6.61 Å². The zero-order valence-corrected chi connectivity index (χ0v) is 14.5. The number of hydrogen-bond donors (Lipinski definition) is 0. The first kappa shape index (κ1) is 15.7. The first-order valence-electron chi connectivity index (χ1n) is 8.61. The fraction of sp³-hybridized carbons (Fsp3) is 0.500. The Hall–Kier alpha value is -1.82. The van der Waals surface area contributed by atoms with Gasteiger partial charge in [-0.25, -0.2) is 0 Å². The third kappa shape index (κ3) is 3.20. The molecule has 126 valence electrons. The number of nitrogens with zero attached hydrogens (tertiary/aromatic N) is 3. The molecule has 0 amide bonds. The number of thioether (sulfide) groups is 1. The second kappa shape index (κ2) is 6.59. The van der Waals surface area contributed by atoms with Gasteiger partial charge < -0.3 is 9.30 Å². The minimum absolute atomic E-state index is 0.216. The molecule has 0 N–H and O–H groups in total. The summed E-state index contributed by atoms with van der Waals surface area (Å²) in [6.45, 7) is 2.22. The minimum atomic E-state index is -0.403. The van der Waals surface area contributed by atoms with Gasteiger partial charge in [-0.05, 0) is 38.2 Å². The van der Waals surface area contributed by atoms with E-state index in [0.29, 0.717) is 18.6 Å². The summed E-state index contributed by atoms with van der Waals surface area (Å²) in [5.41, 5.74) is 0.944. The molecule has 0 saturated heterocycles. The summed E-state index contributed by atoms with van der Waals surface area (Å²) in [5.74, 6) is 1.45. The Morgan fingerprint density at radius 2 is 2.00 bits per heavy atom. The molecule has 1 heterocycles. The average molecular weight is 343 g/mol. The molecular weight excluding hydrogens is 322 g/mol. The van der Waals surface area contributed by atoms with Gasteiger partial charge in [0, 0.05) is 12.0 Å². The van der Waals surface area contributed by atoms with Crippen molar-refractivity contribution >= 4 is 17.7 Å². The summed E-state index contributed by atoms with van der Waals surface area (Å²) in [4.78, 5) is 12.5. The molecule has 6 heteroatoms. The van der Waals surface area contributed by atoms with Gasteiger partial charge in [0.2, 0.25) is 0 Å². The lowest BCUT2D eigenvalue weighted by molar-refractivity contribution is -0.142. The predicted molar refractivity (Wildman–Crippen MR) is 91.9 cm³/mol. The van der Waals surface area contributed by atoms with Crippen molar-refractivity contribution in [1.29, 1.82) is 0 Å². The highest BCUT2D eigenvalue weighted by molar-refractivity contribution is 8.00. The highest BCUT2D eigenvalue weighted by Gasteiger charge is 2.37. The van der Waals surface area contributed by atoms with Crippen molar-refractivity contribution in [3.63, 3.8) is 0 Å². The van der Waals surface area contributed by atoms with E-state index in [0.717, 1.165) is 16.5 Å². The lowest BCUT2D eigenvalue weighted by Crippen LogP contribution is -2.14. The smallest absolute Gasteiger partial charge is 0.324 e. The van der Waals surface area contributed by atoms with Gasteiger partial charge in [-0.3, -0.25) is 4.79 Å². The van der Waals surface area contributed by atoms with E-state index in [9.17, 15) is 4.79 Å². The number of rotatable bonds is 7. The van der Waals surface area contributed by atoms with E-state index in [1.807, 2.05) is 37.3 Å². The van der Waals surface area contributed by atoms with Gasteiger partial charge in [0.25, 0.3) is 0 Å². The highest BCUT2D eigenvalue weighted by Crippen LogP contribution is 2.47. The molecule has 0 unspecified atom stereocenters. The first-order chi connectivity index (χ1) is 11.8. The number of hydrogen-bond acceptors (Lipinski definition) is 5. The summed E-state index contributed by atoms with van der Waals surface area (Å²) in [6, 6.07) is 10.3. The van der Waals surface area contributed by atoms with Crippen LogP contribution in [0.15, 0.2) is 35.5 Å². The van der Waals surface area contributed by atoms with Crippen molar-refractivity contribution in [2.75, 3.05) is 6.61 Å². The van der Waals surface area contributed by atoms with Crippen LogP contribution in [0.5, 0.6) is 0 Å². The minimum Gasteiger partial charge on any atom is -0.465 e. The predicted octanol–water partition coefficient (Wildman–Crippen LogP) is 3.89. The van der Waals surface area contributed by atoms with E-state index in [1.54, 1.807) is 0 Å². The maximum atomic E-state index is 12.5. The second-order valence-corrected chi connectivity index (χ2v) is 7.45. The standard InChI is InChI=1S/C18H21N3O2S/c1-2-23-17(22)15(12-6-4-3-5-7-12)24-18-20-19-16(13-8-9-13)21(18)14-10-11-14/h3-7,13-15H,2,8-11H2,1H3/t15-/m0/s1. The third-order valence-electron chi connectivity index (χ3n) is 4.37. The molecule has 0 spiro atoms. The molecule has 4 rings (SSSR count). The molecule has 1 aromatic heterocycles. The van der Waals surface area contributed by atoms with Crippen LogP contribution in [0.4, 0.5) is 0 Å². The Bertz CT molecular complexity index is 723. The van der Waals surface area contributed by atoms with E-state index >= 15 is 0 Å². The van der Waals surface area contributed by atoms with E-state index < -0.39 is 5.25 Å². The molecule has 0 aliphatic heterocycles. The number of carbonyl (C=O) groups is 1. The van der Waals surface area contributed by atoms with Gasteiger partial charge in [0.1, 0.15) is 11.1 Å². The van der Waals surface area contributed by atoms with Crippen LogP contribution in [0, 0.1) is 0 Å². The van der Waals surface area contributed by atoms with Gasteiger partial charge in [0.15, 0.2) is 5.16 Å². The molecule has 1 aromatic carbocycles. The molecule has 2 saturated carbocycles. The van der Waals surface area contributed by atoms with Crippen LogP contribution in [-0.4, -0.2) is 27.3 Å². The topological polar surface area (TPSA) is 57.0 Å². The quantitative estimate of drug-likeness (QED) is 0.564. The Labute approximate surface area is 145 Å². The summed E-state index contributed by atoms with van der Waals surface area (Å²) in [7, 11) is 0. The zero-order valence-electron chi connectivity index (χ0n) is 13.7. The average Bonchev–Trinajstić information content (AvgIpc) is 3.52. The SMILES string of the molecule is CCOC(=O)[C@@H](Sc1nnc(C2CC2)n1C1CC1)c1ccccc1. The van der Waals surface area contributed by atoms with Crippen molar-refractivity contribution < 1.29 is 9.53 Å². The monoisotopic (exact) mass is 343 g/mol. The van der Waals surface area contributed by atoms with Crippen molar-refractivity contribution in [2.45, 2.75) is 55.0 Å². The summed E-state index contributed by atoms with van der Waals surface area (Å²) >= 11 is 1.47. The van der Waals surface area contributed by atoms with Crippen LogP contribution >= 0.6 is 11.8 Å². The third-order valence-corrected chi connectivity index (χ3v) is 5.56. The van der Waals surface area contributed by atoms with Gasteiger partial charge in [-0.15, -0.1) is 10.2 Å². The van der Waals surface area contributed by atoms with Crippen LogP contribution in [0.1, 0.15) is 61.2 Å². The fourth-order valence-electron chi connectivity index (χ4n) is 2.87. The van der Waals surface area contributed by atoms with E-state index in [4.69, 9.17) is 4.74 Å². The Morgan fingerprint density at radius 3 is 2.62 bits per heavy atom. The van der Waals surface area contributed by atoms with Crippen LogP contribution in [0.3, 0.4) is 0 Å². The number of benzene rings is 1. The summed E-state index contributed by atoms with van der Waals surface area (Å²) in [6.07, 6.45) is 4.77. The van der Waals surface area contributed by atoms with E-state index in [2.05, 4.69) is 14.8 Å². The molecule has 2 aliphatic carbocycles. The van der Waals surface area contributed by atoms with Crippen molar-refractivity contribution in [3.05, 3.63) is 41.7 Å². The largest absolute Gasteiger partial charge is 0.465 e. The maximum absolute atomic E-state index is 12.5. The van der Waals surface area contributed by atoms with Crippen LogP contribution < -0.4 is 0 Å². The van der Waals surface area contributed by atoms with E-state index in [-0.39, 0.29) is 5.97 Å². The summed E-state index contributed by atoms with van der Waals surface area (Å²) < 4.78 is 7.57. The molecule has 2 fully saturated rings. The molecule has 2 aliphatic rings. The molecule has 24 heavy (non-hydrogen) atoms. The number of ether oxygens (including phenoxy) is 1. The molecule has 1 atom stereocenters. The van der Waals surface area contributed by atoms with Gasteiger partial charge >= 0.3 is 5.97 Å². The maximum Gasteiger partial charge on any atom is 0.324 e. The number of esters is 1. The van der Waals surface area contributed by atoms with Crippen LogP contribution in [0.25, 0.3) is 0 Å².